The molecule has 1 fully saturated rings. The topological polar surface area (TPSA) is 20.3 Å². The number of piperidine rings is 1. The molecule has 0 spiro atoms. The van der Waals surface area contributed by atoms with Crippen molar-refractivity contribution < 1.29 is 4.79 Å². The number of hydrogen-bond donors (Lipinski definition) is 0. The second kappa shape index (κ2) is 7.50. The van der Waals surface area contributed by atoms with E-state index in [2.05, 4.69) is 42.2 Å². The van der Waals surface area contributed by atoms with Gasteiger partial charge in [0.1, 0.15) is 5.78 Å². The molecule has 136 valence electrons. The molecular weight excluding hydrogens is 338 g/mol. The first kappa shape index (κ1) is 17.7. The van der Waals surface area contributed by atoms with Crippen LogP contribution >= 0.6 is 11.3 Å². The quantitative estimate of drug-likeness (QED) is 0.760. The molecule has 0 radical (unpaired) electrons. The zero-order valence-electron chi connectivity index (χ0n) is 15.8. The molecule has 0 amide bonds. The molecular formula is C23H27NOS. The number of fused-ring (bicyclic) bond motifs is 2. The lowest BCUT2D eigenvalue weighted by atomic mass is 9.87. The lowest BCUT2D eigenvalue weighted by Gasteiger charge is -2.30. The molecule has 26 heavy (non-hydrogen) atoms. The highest BCUT2D eigenvalue weighted by Crippen LogP contribution is 2.41. The Bertz CT molecular complexity index is 851. The maximum Gasteiger partial charge on any atom is 0.131 e. The first-order valence-corrected chi connectivity index (χ1v) is 10.6. The number of ketones is 1. The van der Waals surface area contributed by atoms with Gasteiger partial charge in [0.25, 0.3) is 0 Å². The predicted molar refractivity (Wildman–Crippen MR) is 110 cm³/mol. The van der Waals surface area contributed by atoms with Crippen LogP contribution in [0.2, 0.25) is 0 Å². The Balaban J connectivity index is 1.69. The van der Waals surface area contributed by atoms with Gasteiger partial charge in [0.2, 0.25) is 0 Å². The van der Waals surface area contributed by atoms with Crippen molar-refractivity contribution in [3.05, 3.63) is 62.3 Å². The van der Waals surface area contributed by atoms with Crippen LogP contribution in [0.3, 0.4) is 0 Å². The molecule has 0 atom stereocenters. The molecule has 0 saturated carbocycles. The number of benzene rings is 1. The maximum absolute atomic E-state index is 11.3. The standard InChI is InChI=1S/C23H27NOS/c1-16(25)9-12-24-13-10-19(11-14-24)23-20-6-4-3-5-18(20)7-8-22-21(23)15-17(2)26-22/h3-6,15H,7-14H2,1-2H3. The van der Waals surface area contributed by atoms with Gasteiger partial charge in [-0.05, 0) is 67.9 Å². The number of thiophene rings is 1. The third kappa shape index (κ3) is 3.56. The third-order valence-corrected chi connectivity index (χ3v) is 6.81. The number of aryl methyl sites for hydroxylation is 3. The number of nitrogens with zero attached hydrogens (tertiary/aromatic N) is 1. The number of likely N-dealkylation sites (tertiary alicyclic amines) is 1. The first-order chi connectivity index (χ1) is 12.6. The van der Waals surface area contributed by atoms with Gasteiger partial charge in [0.05, 0.1) is 0 Å². The van der Waals surface area contributed by atoms with Gasteiger partial charge in [-0.2, -0.15) is 0 Å². The van der Waals surface area contributed by atoms with Gasteiger partial charge in [0.15, 0.2) is 0 Å². The summed E-state index contributed by atoms with van der Waals surface area (Å²) >= 11 is 1.97. The van der Waals surface area contributed by atoms with E-state index in [1.165, 1.54) is 27.1 Å². The average molecular weight is 366 g/mol. The Kier molecular flexibility index (Phi) is 5.10. The Morgan fingerprint density at radius 3 is 2.62 bits per heavy atom. The van der Waals surface area contributed by atoms with Crippen molar-refractivity contribution in [3.8, 4) is 0 Å². The molecule has 1 aliphatic heterocycles. The zero-order valence-corrected chi connectivity index (χ0v) is 16.6. The van der Waals surface area contributed by atoms with Crippen LogP contribution in [0.15, 0.2) is 35.9 Å². The molecule has 0 bridgehead atoms. The summed E-state index contributed by atoms with van der Waals surface area (Å²) in [4.78, 5) is 16.7. The highest BCUT2D eigenvalue weighted by atomic mass is 32.1. The molecule has 0 N–H and O–H groups in total. The second-order valence-electron chi connectivity index (χ2n) is 7.62. The predicted octanol–water partition coefficient (Wildman–Crippen LogP) is 5.03. The summed E-state index contributed by atoms with van der Waals surface area (Å²) in [6.45, 7) is 6.99. The van der Waals surface area contributed by atoms with Crippen molar-refractivity contribution in [1.29, 1.82) is 0 Å². The SMILES string of the molecule is CC(=O)CCN1CCC(=C2c3ccccc3CCc3sc(C)cc32)CC1. The minimum Gasteiger partial charge on any atom is -0.302 e. The normalized spacial score (nSPS) is 17.6. The van der Waals surface area contributed by atoms with Crippen molar-refractivity contribution in [3.63, 3.8) is 0 Å². The first-order valence-electron chi connectivity index (χ1n) is 9.73. The molecule has 4 rings (SSSR count). The van der Waals surface area contributed by atoms with E-state index in [0.29, 0.717) is 12.2 Å². The number of hydrogen-bond acceptors (Lipinski definition) is 3. The molecule has 1 aromatic heterocycles. The van der Waals surface area contributed by atoms with Crippen LogP contribution in [0.4, 0.5) is 0 Å². The highest BCUT2D eigenvalue weighted by molar-refractivity contribution is 7.12. The molecule has 1 aliphatic carbocycles. The molecule has 1 aromatic carbocycles. The second-order valence-corrected chi connectivity index (χ2v) is 8.96. The largest absolute Gasteiger partial charge is 0.302 e. The van der Waals surface area contributed by atoms with Crippen molar-refractivity contribution in [1.82, 2.24) is 4.90 Å². The summed E-state index contributed by atoms with van der Waals surface area (Å²) in [5.41, 5.74) is 7.57. The summed E-state index contributed by atoms with van der Waals surface area (Å²) in [5.74, 6) is 0.297. The van der Waals surface area contributed by atoms with Crippen LogP contribution in [0, 0.1) is 6.92 Å². The van der Waals surface area contributed by atoms with Gasteiger partial charge >= 0.3 is 0 Å². The van der Waals surface area contributed by atoms with E-state index in [9.17, 15) is 4.79 Å². The van der Waals surface area contributed by atoms with Gasteiger partial charge in [-0.15, -0.1) is 11.3 Å². The van der Waals surface area contributed by atoms with Crippen LogP contribution in [0.1, 0.15) is 52.6 Å². The Labute approximate surface area is 160 Å². The fourth-order valence-corrected chi connectivity index (χ4v) is 5.37. The van der Waals surface area contributed by atoms with Crippen LogP contribution in [-0.4, -0.2) is 30.3 Å². The maximum atomic E-state index is 11.3. The minimum absolute atomic E-state index is 0.297. The Morgan fingerprint density at radius 2 is 1.85 bits per heavy atom. The summed E-state index contributed by atoms with van der Waals surface area (Å²) < 4.78 is 0. The highest BCUT2D eigenvalue weighted by Gasteiger charge is 2.25. The van der Waals surface area contributed by atoms with Crippen molar-refractivity contribution >= 4 is 22.7 Å². The molecule has 0 unspecified atom stereocenters. The van der Waals surface area contributed by atoms with Crippen molar-refractivity contribution in [2.45, 2.75) is 46.0 Å². The van der Waals surface area contributed by atoms with E-state index in [1.807, 2.05) is 11.3 Å². The van der Waals surface area contributed by atoms with E-state index in [0.717, 1.165) is 45.3 Å². The molecule has 2 heterocycles. The fraction of sp³-hybridized carbons (Fsp3) is 0.435. The van der Waals surface area contributed by atoms with Gasteiger partial charge in [-0.1, -0.05) is 29.8 Å². The van der Waals surface area contributed by atoms with Crippen LogP contribution in [0.5, 0.6) is 0 Å². The Hall–Kier alpha value is -1.71. The average Bonchev–Trinajstić information content (AvgIpc) is 2.93. The van der Waals surface area contributed by atoms with Crippen molar-refractivity contribution in [2.24, 2.45) is 0 Å². The lowest BCUT2D eigenvalue weighted by Crippen LogP contribution is -2.32. The third-order valence-electron chi connectivity index (χ3n) is 5.70. The number of carbonyl (C=O) groups excluding carboxylic acids is 1. The van der Waals surface area contributed by atoms with Crippen LogP contribution in [-0.2, 0) is 17.6 Å². The van der Waals surface area contributed by atoms with Crippen LogP contribution < -0.4 is 0 Å². The smallest absolute Gasteiger partial charge is 0.131 e. The van der Waals surface area contributed by atoms with Gasteiger partial charge < -0.3 is 4.90 Å². The van der Waals surface area contributed by atoms with E-state index in [-0.39, 0.29) is 0 Å². The fourth-order valence-electron chi connectivity index (χ4n) is 4.33. The number of rotatable bonds is 3. The molecule has 2 aromatic rings. The van der Waals surface area contributed by atoms with Gasteiger partial charge in [-0.3, -0.25) is 4.79 Å². The van der Waals surface area contributed by atoms with Crippen molar-refractivity contribution in [2.75, 3.05) is 19.6 Å². The van der Waals surface area contributed by atoms with E-state index < -0.39 is 0 Å². The lowest BCUT2D eigenvalue weighted by molar-refractivity contribution is -0.117. The van der Waals surface area contributed by atoms with Crippen LogP contribution in [0.25, 0.3) is 5.57 Å². The number of carbonyl (C=O) groups is 1. The van der Waals surface area contributed by atoms with E-state index >= 15 is 0 Å². The summed E-state index contributed by atoms with van der Waals surface area (Å²) in [5, 5.41) is 0. The van der Waals surface area contributed by atoms with E-state index in [1.54, 1.807) is 17.4 Å². The summed E-state index contributed by atoms with van der Waals surface area (Å²) in [7, 11) is 0. The van der Waals surface area contributed by atoms with E-state index in [4.69, 9.17) is 0 Å². The van der Waals surface area contributed by atoms with Gasteiger partial charge in [-0.25, -0.2) is 0 Å². The summed E-state index contributed by atoms with van der Waals surface area (Å²) in [6.07, 6.45) is 5.23. The molecule has 2 aliphatic rings. The monoisotopic (exact) mass is 365 g/mol. The number of Topliss-reactive ketones (excluding diaryl/α,β-unsaturated/α-hetero) is 1. The molecule has 1 saturated heterocycles. The molecule has 3 heteroatoms. The minimum atomic E-state index is 0.297. The van der Waals surface area contributed by atoms with Gasteiger partial charge in [0, 0.05) is 35.8 Å². The summed E-state index contributed by atoms with van der Waals surface area (Å²) in [6, 6.07) is 11.4. The Morgan fingerprint density at radius 1 is 1.08 bits per heavy atom. The molecule has 2 nitrogen and oxygen atoms in total. The zero-order chi connectivity index (χ0) is 18.1.